The van der Waals surface area contributed by atoms with Crippen molar-refractivity contribution in [3.63, 3.8) is 0 Å². The lowest BCUT2D eigenvalue weighted by atomic mass is 10.0. The summed E-state index contributed by atoms with van der Waals surface area (Å²) in [5.74, 6) is 0.384. The van der Waals surface area contributed by atoms with Crippen molar-refractivity contribution in [2.75, 3.05) is 24.5 Å². The average molecular weight is 345 g/mol. The lowest BCUT2D eigenvalue weighted by Gasteiger charge is -2.42. The van der Waals surface area contributed by atoms with Crippen LogP contribution >= 0.6 is 0 Å². The second-order valence-corrected chi connectivity index (χ2v) is 8.41. The number of nitrogens with zero attached hydrogens (tertiary/aromatic N) is 2. The Labute approximate surface area is 151 Å². The summed E-state index contributed by atoms with van der Waals surface area (Å²) in [7, 11) is 0. The van der Waals surface area contributed by atoms with E-state index in [-0.39, 0.29) is 18.2 Å². The molecule has 2 fully saturated rings. The Morgan fingerprint density at radius 1 is 1.20 bits per heavy atom. The number of nitrogens with two attached hydrogens (primary N) is 1. The van der Waals surface area contributed by atoms with Crippen molar-refractivity contribution in [1.29, 1.82) is 0 Å². The molecule has 2 aliphatic heterocycles. The van der Waals surface area contributed by atoms with Gasteiger partial charge in [0.15, 0.2) is 0 Å². The predicted octanol–water partition coefficient (Wildman–Crippen LogP) is 3.34. The minimum Gasteiger partial charge on any atom is -0.444 e. The Bertz CT molecular complexity index is 594. The summed E-state index contributed by atoms with van der Waals surface area (Å²) in [6.07, 6.45) is 1.96. The van der Waals surface area contributed by atoms with E-state index in [1.54, 1.807) is 0 Å². The maximum Gasteiger partial charge on any atom is 0.410 e. The molecule has 2 heterocycles. The third-order valence-corrected chi connectivity index (χ3v) is 5.27. The minimum absolute atomic E-state index is 0.160. The van der Waals surface area contributed by atoms with Crippen molar-refractivity contribution < 1.29 is 9.53 Å². The van der Waals surface area contributed by atoms with Gasteiger partial charge in [-0.2, -0.15) is 0 Å². The van der Waals surface area contributed by atoms with Crippen LogP contribution in [0.1, 0.15) is 52.0 Å². The van der Waals surface area contributed by atoms with Crippen molar-refractivity contribution in [1.82, 2.24) is 4.90 Å². The van der Waals surface area contributed by atoms with Crippen molar-refractivity contribution in [3.8, 4) is 0 Å². The molecule has 2 bridgehead atoms. The molecule has 3 rings (SSSR count). The summed E-state index contributed by atoms with van der Waals surface area (Å²) in [6.45, 7) is 10.3. The van der Waals surface area contributed by atoms with Gasteiger partial charge < -0.3 is 15.4 Å². The van der Waals surface area contributed by atoms with Crippen LogP contribution in [0.25, 0.3) is 0 Å². The Hall–Kier alpha value is -1.75. The summed E-state index contributed by atoms with van der Waals surface area (Å²) in [6, 6.07) is 9.21. The molecule has 138 valence electrons. The maximum atomic E-state index is 12.5. The second-order valence-electron chi connectivity index (χ2n) is 8.41. The van der Waals surface area contributed by atoms with Crippen LogP contribution < -0.4 is 10.6 Å². The molecule has 2 N–H and O–H groups in total. The van der Waals surface area contributed by atoms with Crippen LogP contribution in [0.5, 0.6) is 0 Å². The van der Waals surface area contributed by atoms with Crippen LogP contribution in [0.3, 0.4) is 0 Å². The van der Waals surface area contributed by atoms with E-state index in [0.29, 0.717) is 12.5 Å². The van der Waals surface area contributed by atoms with Gasteiger partial charge in [-0.1, -0.05) is 19.1 Å². The zero-order chi connectivity index (χ0) is 18.2. The first kappa shape index (κ1) is 18.1. The largest absolute Gasteiger partial charge is 0.444 e. The van der Waals surface area contributed by atoms with E-state index in [9.17, 15) is 4.79 Å². The first-order valence-electron chi connectivity index (χ1n) is 9.35. The van der Waals surface area contributed by atoms with Gasteiger partial charge in [0.1, 0.15) is 5.60 Å². The van der Waals surface area contributed by atoms with Gasteiger partial charge in [0.25, 0.3) is 0 Å². The van der Waals surface area contributed by atoms with E-state index in [4.69, 9.17) is 10.5 Å². The number of benzene rings is 1. The fourth-order valence-electron chi connectivity index (χ4n) is 3.88. The van der Waals surface area contributed by atoms with Crippen molar-refractivity contribution >= 4 is 11.8 Å². The summed E-state index contributed by atoms with van der Waals surface area (Å²) < 4.78 is 5.61. The highest BCUT2D eigenvalue weighted by Gasteiger charge is 2.44. The third kappa shape index (κ3) is 3.92. The molecule has 1 amide bonds. The van der Waals surface area contributed by atoms with Gasteiger partial charge in [-0.25, -0.2) is 4.79 Å². The lowest BCUT2D eigenvalue weighted by molar-refractivity contribution is 0.0123. The number of rotatable bonds is 3. The van der Waals surface area contributed by atoms with E-state index in [2.05, 4.69) is 36.1 Å². The van der Waals surface area contributed by atoms with Gasteiger partial charge in [0.2, 0.25) is 0 Å². The van der Waals surface area contributed by atoms with Crippen LogP contribution in [0.15, 0.2) is 24.3 Å². The Morgan fingerprint density at radius 3 is 2.24 bits per heavy atom. The molecule has 1 aromatic carbocycles. The van der Waals surface area contributed by atoms with Crippen LogP contribution in [0.4, 0.5) is 10.5 Å². The molecule has 5 heteroatoms. The number of fused-ring (bicyclic) bond motifs is 2. The first-order chi connectivity index (χ1) is 11.8. The normalized spacial score (nSPS) is 24.4. The number of carbonyl (C=O) groups excluding carboxylic acids is 1. The molecule has 2 aliphatic rings. The standard InChI is InChI=1S/C20H31N3O2/c1-14(11-21)15-5-7-16(8-6-15)22-12-17-9-10-18(13-22)23(17)19(24)25-20(2,3)4/h5-8,14,17-18H,9-13,21H2,1-4H3. The zero-order valence-electron chi connectivity index (χ0n) is 15.9. The highest BCUT2D eigenvalue weighted by Crippen LogP contribution is 2.34. The Kier molecular flexibility index (Phi) is 4.96. The van der Waals surface area contributed by atoms with Crippen molar-refractivity contribution in [2.24, 2.45) is 5.73 Å². The SMILES string of the molecule is CC(CN)c1ccc(N2CC3CCC(C2)N3C(=O)OC(C)(C)C)cc1. The molecule has 2 saturated heterocycles. The molecule has 0 spiro atoms. The van der Waals surface area contributed by atoms with Crippen molar-refractivity contribution in [3.05, 3.63) is 29.8 Å². The fourth-order valence-corrected chi connectivity index (χ4v) is 3.88. The molecule has 3 unspecified atom stereocenters. The molecule has 5 nitrogen and oxygen atoms in total. The molecule has 0 aromatic heterocycles. The molecule has 3 atom stereocenters. The van der Waals surface area contributed by atoms with E-state index < -0.39 is 5.60 Å². The highest BCUT2D eigenvalue weighted by molar-refractivity contribution is 5.70. The average Bonchev–Trinajstić information content (AvgIpc) is 2.83. The highest BCUT2D eigenvalue weighted by atomic mass is 16.6. The van der Waals surface area contributed by atoms with Crippen LogP contribution in [-0.4, -0.2) is 48.3 Å². The number of carbonyl (C=O) groups is 1. The molecule has 0 aliphatic carbocycles. The lowest BCUT2D eigenvalue weighted by Crippen LogP contribution is -2.56. The fraction of sp³-hybridized carbons (Fsp3) is 0.650. The predicted molar refractivity (Wildman–Crippen MR) is 101 cm³/mol. The maximum absolute atomic E-state index is 12.5. The first-order valence-corrected chi connectivity index (χ1v) is 9.35. The second kappa shape index (κ2) is 6.87. The summed E-state index contributed by atoms with van der Waals surface area (Å²) in [5.41, 5.74) is 7.83. The summed E-state index contributed by atoms with van der Waals surface area (Å²) >= 11 is 0. The van der Waals surface area contributed by atoms with E-state index >= 15 is 0 Å². The van der Waals surface area contributed by atoms with Crippen LogP contribution in [0.2, 0.25) is 0 Å². The molecular formula is C20H31N3O2. The number of hydrogen-bond donors (Lipinski definition) is 1. The molecule has 25 heavy (non-hydrogen) atoms. The number of amides is 1. The summed E-state index contributed by atoms with van der Waals surface area (Å²) in [4.78, 5) is 16.9. The van der Waals surface area contributed by atoms with Crippen molar-refractivity contribution in [2.45, 2.75) is 64.1 Å². The van der Waals surface area contributed by atoms with Gasteiger partial charge in [0, 0.05) is 18.8 Å². The number of hydrogen-bond acceptors (Lipinski definition) is 4. The summed E-state index contributed by atoms with van der Waals surface area (Å²) in [5, 5.41) is 0. The molecular weight excluding hydrogens is 314 g/mol. The van der Waals surface area contributed by atoms with E-state index in [1.165, 1.54) is 11.3 Å². The van der Waals surface area contributed by atoms with Gasteiger partial charge in [-0.3, -0.25) is 4.90 Å². The Morgan fingerprint density at radius 2 is 1.76 bits per heavy atom. The number of piperazine rings is 1. The molecule has 0 saturated carbocycles. The van der Waals surface area contributed by atoms with E-state index in [0.717, 1.165) is 25.9 Å². The monoisotopic (exact) mass is 345 g/mol. The number of ether oxygens (including phenoxy) is 1. The number of anilines is 1. The van der Waals surface area contributed by atoms with Gasteiger partial charge in [0.05, 0.1) is 12.1 Å². The zero-order valence-corrected chi connectivity index (χ0v) is 15.9. The Balaban J connectivity index is 1.68. The van der Waals surface area contributed by atoms with Crippen LogP contribution in [0, 0.1) is 0 Å². The van der Waals surface area contributed by atoms with Gasteiger partial charge in [-0.05, 0) is 63.8 Å². The topological polar surface area (TPSA) is 58.8 Å². The molecule has 1 aromatic rings. The quantitative estimate of drug-likeness (QED) is 0.913. The molecule has 0 radical (unpaired) electrons. The minimum atomic E-state index is -0.441. The smallest absolute Gasteiger partial charge is 0.410 e. The third-order valence-electron chi connectivity index (χ3n) is 5.27. The van der Waals surface area contributed by atoms with E-state index in [1.807, 2.05) is 25.7 Å². The van der Waals surface area contributed by atoms with Gasteiger partial charge in [-0.15, -0.1) is 0 Å². The van der Waals surface area contributed by atoms with Gasteiger partial charge >= 0.3 is 6.09 Å². The van der Waals surface area contributed by atoms with Crippen LogP contribution in [-0.2, 0) is 4.74 Å².